The van der Waals surface area contributed by atoms with E-state index in [1.165, 1.54) is 5.56 Å². The lowest BCUT2D eigenvalue weighted by molar-refractivity contribution is -0.132. The van der Waals surface area contributed by atoms with E-state index in [-0.39, 0.29) is 0 Å². The van der Waals surface area contributed by atoms with Gasteiger partial charge in [0, 0.05) is 23.7 Å². The second kappa shape index (κ2) is 6.82. The predicted molar refractivity (Wildman–Crippen MR) is 79.7 cm³/mol. The lowest BCUT2D eigenvalue weighted by Gasteiger charge is -2.06. The SMILES string of the molecule is C/C(=C/CNCCc1cccc2cccnc12)C(=O)O. The van der Waals surface area contributed by atoms with Crippen molar-refractivity contribution in [1.82, 2.24) is 10.3 Å². The van der Waals surface area contributed by atoms with Gasteiger partial charge >= 0.3 is 5.97 Å². The van der Waals surface area contributed by atoms with Gasteiger partial charge in [-0.1, -0.05) is 30.3 Å². The topological polar surface area (TPSA) is 62.2 Å². The van der Waals surface area contributed by atoms with Crippen LogP contribution in [0, 0.1) is 0 Å². The third-order valence-electron chi connectivity index (χ3n) is 3.18. The van der Waals surface area contributed by atoms with Crippen molar-refractivity contribution in [2.24, 2.45) is 0 Å². The van der Waals surface area contributed by atoms with E-state index >= 15 is 0 Å². The standard InChI is InChI=1S/C16H18N2O2/c1-12(16(19)20)7-10-17-11-8-14-5-2-4-13-6-3-9-18-15(13)14/h2-7,9,17H,8,10-11H2,1H3,(H,19,20)/b12-7-. The number of benzene rings is 1. The highest BCUT2D eigenvalue weighted by atomic mass is 16.4. The van der Waals surface area contributed by atoms with Crippen LogP contribution in [0.25, 0.3) is 10.9 Å². The van der Waals surface area contributed by atoms with Crippen LogP contribution in [0.2, 0.25) is 0 Å². The average Bonchev–Trinajstić information content (AvgIpc) is 2.46. The number of fused-ring (bicyclic) bond motifs is 1. The van der Waals surface area contributed by atoms with Gasteiger partial charge in [-0.2, -0.15) is 0 Å². The van der Waals surface area contributed by atoms with Gasteiger partial charge in [-0.25, -0.2) is 4.79 Å². The smallest absolute Gasteiger partial charge is 0.330 e. The summed E-state index contributed by atoms with van der Waals surface area (Å²) in [6.45, 7) is 2.95. The average molecular weight is 270 g/mol. The van der Waals surface area contributed by atoms with Crippen LogP contribution >= 0.6 is 0 Å². The molecule has 0 fully saturated rings. The Morgan fingerprint density at radius 1 is 1.35 bits per heavy atom. The third-order valence-corrected chi connectivity index (χ3v) is 3.18. The fraction of sp³-hybridized carbons (Fsp3) is 0.250. The molecule has 4 nitrogen and oxygen atoms in total. The molecule has 0 aliphatic carbocycles. The number of carboxylic acids is 1. The number of nitrogens with one attached hydrogen (secondary N) is 1. The van der Waals surface area contributed by atoms with E-state index in [2.05, 4.69) is 28.5 Å². The maximum Gasteiger partial charge on any atom is 0.330 e. The maximum atomic E-state index is 10.6. The molecule has 2 N–H and O–H groups in total. The first-order chi connectivity index (χ1) is 9.68. The largest absolute Gasteiger partial charge is 0.478 e. The quantitative estimate of drug-likeness (QED) is 0.625. The zero-order valence-electron chi connectivity index (χ0n) is 11.5. The summed E-state index contributed by atoms with van der Waals surface area (Å²) in [4.78, 5) is 15.0. The number of nitrogens with zero attached hydrogens (tertiary/aromatic N) is 1. The molecule has 0 unspecified atom stereocenters. The van der Waals surface area contributed by atoms with Gasteiger partial charge in [-0.3, -0.25) is 4.98 Å². The van der Waals surface area contributed by atoms with Gasteiger partial charge in [0.1, 0.15) is 0 Å². The van der Waals surface area contributed by atoms with Crippen molar-refractivity contribution < 1.29 is 9.90 Å². The summed E-state index contributed by atoms with van der Waals surface area (Å²) in [5, 5.41) is 13.1. The van der Waals surface area contributed by atoms with Crippen LogP contribution in [-0.4, -0.2) is 29.1 Å². The molecule has 1 heterocycles. The Kier molecular flexibility index (Phi) is 4.85. The molecule has 1 aromatic carbocycles. The minimum absolute atomic E-state index is 0.365. The number of aliphatic carboxylic acids is 1. The first kappa shape index (κ1) is 14.2. The van der Waals surface area contributed by atoms with E-state index in [1.807, 2.05) is 12.1 Å². The van der Waals surface area contributed by atoms with Gasteiger partial charge in [0.2, 0.25) is 0 Å². The summed E-state index contributed by atoms with van der Waals surface area (Å²) in [5.41, 5.74) is 2.60. The number of para-hydroxylation sites is 1. The molecule has 0 saturated heterocycles. The van der Waals surface area contributed by atoms with Crippen molar-refractivity contribution >= 4 is 16.9 Å². The Balaban J connectivity index is 1.91. The third kappa shape index (κ3) is 3.65. The second-order valence-corrected chi connectivity index (χ2v) is 4.64. The molecule has 0 saturated carbocycles. The molecule has 104 valence electrons. The molecule has 1 aromatic heterocycles. The molecule has 0 aliphatic heterocycles. The Labute approximate surface area is 118 Å². The number of hydrogen-bond acceptors (Lipinski definition) is 3. The first-order valence-electron chi connectivity index (χ1n) is 6.62. The Morgan fingerprint density at radius 2 is 2.15 bits per heavy atom. The number of carbonyl (C=O) groups is 1. The number of pyridine rings is 1. The van der Waals surface area contributed by atoms with E-state index in [1.54, 1.807) is 19.2 Å². The van der Waals surface area contributed by atoms with E-state index in [0.717, 1.165) is 23.9 Å². The zero-order valence-corrected chi connectivity index (χ0v) is 11.5. The Morgan fingerprint density at radius 3 is 2.95 bits per heavy atom. The summed E-state index contributed by atoms with van der Waals surface area (Å²) < 4.78 is 0. The molecule has 0 amide bonds. The van der Waals surface area contributed by atoms with Gasteiger partial charge in [-0.15, -0.1) is 0 Å². The van der Waals surface area contributed by atoms with Gasteiger partial charge < -0.3 is 10.4 Å². The Hall–Kier alpha value is -2.20. The minimum atomic E-state index is -0.870. The molecule has 20 heavy (non-hydrogen) atoms. The first-order valence-corrected chi connectivity index (χ1v) is 6.62. The Bertz CT molecular complexity index is 630. The minimum Gasteiger partial charge on any atom is -0.478 e. The summed E-state index contributed by atoms with van der Waals surface area (Å²) in [6, 6.07) is 10.2. The fourth-order valence-electron chi connectivity index (χ4n) is 2.01. The molecule has 2 rings (SSSR count). The van der Waals surface area contributed by atoms with Crippen LogP contribution in [0.5, 0.6) is 0 Å². The highest BCUT2D eigenvalue weighted by molar-refractivity contribution is 5.85. The summed E-state index contributed by atoms with van der Waals surface area (Å²) in [5.74, 6) is -0.870. The molecule has 0 spiro atoms. The van der Waals surface area contributed by atoms with Crippen molar-refractivity contribution in [1.29, 1.82) is 0 Å². The predicted octanol–water partition coefficient (Wildman–Crippen LogP) is 2.40. The highest BCUT2D eigenvalue weighted by Gasteiger charge is 2.01. The molecule has 2 aromatic rings. The van der Waals surface area contributed by atoms with Gasteiger partial charge in [-0.05, 0) is 31.5 Å². The molecular formula is C16H18N2O2. The van der Waals surface area contributed by atoms with Crippen LogP contribution in [0.15, 0.2) is 48.2 Å². The highest BCUT2D eigenvalue weighted by Crippen LogP contribution is 2.15. The second-order valence-electron chi connectivity index (χ2n) is 4.64. The molecule has 0 bridgehead atoms. The summed E-state index contributed by atoms with van der Waals surface area (Å²) >= 11 is 0. The van der Waals surface area contributed by atoms with Crippen LogP contribution in [-0.2, 0) is 11.2 Å². The van der Waals surface area contributed by atoms with Crippen molar-refractivity contribution in [3.63, 3.8) is 0 Å². The van der Waals surface area contributed by atoms with Crippen molar-refractivity contribution in [2.75, 3.05) is 13.1 Å². The van der Waals surface area contributed by atoms with E-state index in [9.17, 15) is 4.79 Å². The number of carboxylic acid groups (broad SMARTS) is 1. The zero-order chi connectivity index (χ0) is 14.4. The monoisotopic (exact) mass is 270 g/mol. The maximum absolute atomic E-state index is 10.6. The van der Waals surface area contributed by atoms with Gasteiger partial charge in [0.15, 0.2) is 0 Å². The summed E-state index contributed by atoms with van der Waals surface area (Å²) in [7, 11) is 0. The van der Waals surface area contributed by atoms with E-state index < -0.39 is 5.97 Å². The molecular weight excluding hydrogens is 252 g/mol. The molecule has 4 heteroatoms. The number of hydrogen-bond donors (Lipinski definition) is 2. The lowest BCUT2D eigenvalue weighted by atomic mass is 10.1. The molecule has 0 radical (unpaired) electrons. The van der Waals surface area contributed by atoms with Crippen molar-refractivity contribution in [3.8, 4) is 0 Å². The van der Waals surface area contributed by atoms with E-state index in [0.29, 0.717) is 12.1 Å². The van der Waals surface area contributed by atoms with E-state index in [4.69, 9.17) is 5.11 Å². The molecule has 0 aliphatic rings. The number of aromatic nitrogens is 1. The van der Waals surface area contributed by atoms with Crippen LogP contribution in [0.4, 0.5) is 0 Å². The fourth-order valence-corrected chi connectivity index (χ4v) is 2.01. The van der Waals surface area contributed by atoms with Gasteiger partial charge in [0.25, 0.3) is 0 Å². The van der Waals surface area contributed by atoms with Crippen molar-refractivity contribution in [2.45, 2.75) is 13.3 Å². The van der Waals surface area contributed by atoms with Gasteiger partial charge in [0.05, 0.1) is 5.52 Å². The number of rotatable bonds is 6. The van der Waals surface area contributed by atoms with Crippen molar-refractivity contribution in [3.05, 3.63) is 53.7 Å². The normalized spacial score (nSPS) is 11.8. The summed E-state index contributed by atoms with van der Waals surface area (Å²) in [6.07, 6.45) is 4.36. The van der Waals surface area contributed by atoms with Crippen LogP contribution in [0.3, 0.4) is 0 Å². The van der Waals surface area contributed by atoms with Crippen LogP contribution in [0.1, 0.15) is 12.5 Å². The lowest BCUT2D eigenvalue weighted by Crippen LogP contribution is -2.18. The van der Waals surface area contributed by atoms with Crippen LogP contribution < -0.4 is 5.32 Å². The molecule has 0 atom stereocenters.